The van der Waals surface area contributed by atoms with Gasteiger partial charge in [-0.2, -0.15) is 0 Å². The zero-order chi connectivity index (χ0) is 20.0. The van der Waals surface area contributed by atoms with Crippen LogP contribution in [0.1, 0.15) is 45.0 Å². The van der Waals surface area contributed by atoms with Crippen LogP contribution in [0.4, 0.5) is 0 Å². The standard InChI is InChI=1S/C22H20N4O3/c27-19(13-26-21(28)15-4-1-2-5-16(15)22(26)29)25-10-7-14(8-11-25)17-12-24-18-6-3-9-23-20(17)18/h1-6,9,12,14,24H,7-8,10-11,13H2. The largest absolute Gasteiger partial charge is 0.360 e. The summed E-state index contributed by atoms with van der Waals surface area (Å²) in [7, 11) is 0. The molecule has 7 nitrogen and oxygen atoms in total. The van der Waals surface area contributed by atoms with Gasteiger partial charge in [0.05, 0.1) is 22.2 Å². The molecule has 2 aromatic heterocycles. The van der Waals surface area contributed by atoms with Crippen LogP contribution in [-0.2, 0) is 4.79 Å². The Hall–Kier alpha value is -3.48. The average Bonchev–Trinajstić information content (AvgIpc) is 3.29. The van der Waals surface area contributed by atoms with Crippen LogP contribution in [0, 0.1) is 0 Å². The van der Waals surface area contributed by atoms with E-state index in [1.165, 1.54) is 5.56 Å². The predicted octanol–water partition coefficient (Wildman–Crippen LogP) is 2.57. The lowest BCUT2D eigenvalue weighted by Gasteiger charge is -2.32. The number of amides is 3. The fourth-order valence-corrected chi connectivity index (χ4v) is 4.34. The van der Waals surface area contributed by atoms with Crippen molar-refractivity contribution in [2.75, 3.05) is 19.6 Å². The second-order valence-corrected chi connectivity index (χ2v) is 7.54. The summed E-state index contributed by atoms with van der Waals surface area (Å²) in [5, 5.41) is 0. The molecule has 4 heterocycles. The number of piperidine rings is 1. The van der Waals surface area contributed by atoms with Gasteiger partial charge in [0.15, 0.2) is 0 Å². The van der Waals surface area contributed by atoms with Gasteiger partial charge >= 0.3 is 0 Å². The predicted molar refractivity (Wildman–Crippen MR) is 106 cm³/mol. The lowest BCUT2D eigenvalue weighted by Crippen LogP contribution is -2.45. The van der Waals surface area contributed by atoms with Gasteiger partial charge in [0.2, 0.25) is 5.91 Å². The Bertz CT molecular complexity index is 1090. The molecule has 3 aromatic rings. The van der Waals surface area contributed by atoms with E-state index in [0.29, 0.717) is 30.1 Å². The molecule has 3 amide bonds. The molecule has 2 aliphatic rings. The molecule has 1 fully saturated rings. The first-order valence-electron chi connectivity index (χ1n) is 9.78. The van der Waals surface area contributed by atoms with Gasteiger partial charge < -0.3 is 9.88 Å². The molecule has 1 N–H and O–H groups in total. The highest BCUT2D eigenvalue weighted by Gasteiger charge is 2.37. The minimum absolute atomic E-state index is 0.185. The van der Waals surface area contributed by atoms with Gasteiger partial charge in [-0.25, -0.2) is 0 Å². The maximum absolute atomic E-state index is 12.8. The van der Waals surface area contributed by atoms with Crippen LogP contribution in [0.2, 0.25) is 0 Å². The minimum Gasteiger partial charge on any atom is -0.360 e. The Labute approximate surface area is 167 Å². The van der Waals surface area contributed by atoms with Gasteiger partial charge in [0.1, 0.15) is 6.54 Å². The van der Waals surface area contributed by atoms with Crippen LogP contribution >= 0.6 is 0 Å². The first-order chi connectivity index (χ1) is 14.1. The van der Waals surface area contributed by atoms with Crippen molar-refractivity contribution in [2.24, 2.45) is 0 Å². The third-order valence-corrected chi connectivity index (χ3v) is 5.92. The zero-order valence-electron chi connectivity index (χ0n) is 15.8. The highest BCUT2D eigenvalue weighted by atomic mass is 16.2. The normalized spacial score (nSPS) is 17.2. The third-order valence-electron chi connectivity index (χ3n) is 5.92. The molecule has 0 saturated carbocycles. The van der Waals surface area contributed by atoms with E-state index in [-0.39, 0.29) is 12.5 Å². The lowest BCUT2D eigenvalue weighted by molar-refractivity contribution is -0.132. The first-order valence-corrected chi connectivity index (χ1v) is 9.78. The summed E-state index contributed by atoms with van der Waals surface area (Å²) in [5.41, 5.74) is 3.94. The van der Waals surface area contributed by atoms with E-state index in [0.717, 1.165) is 28.8 Å². The van der Waals surface area contributed by atoms with Crippen molar-refractivity contribution < 1.29 is 14.4 Å². The molecule has 0 bridgehead atoms. The van der Waals surface area contributed by atoms with Crippen LogP contribution < -0.4 is 0 Å². The molecule has 0 aliphatic carbocycles. The van der Waals surface area contributed by atoms with Crippen molar-refractivity contribution in [2.45, 2.75) is 18.8 Å². The summed E-state index contributed by atoms with van der Waals surface area (Å²) in [6.07, 6.45) is 5.47. The number of aromatic nitrogens is 2. The first kappa shape index (κ1) is 17.6. The van der Waals surface area contributed by atoms with Crippen molar-refractivity contribution >= 4 is 28.8 Å². The van der Waals surface area contributed by atoms with Gasteiger partial charge in [-0.05, 0) is 48.6 Å². The van der Waals surface area contributed by atoms with Gasteiger partial charge in [0, 0.05) is 25.5 Å². The third kappa shape index (κ3) is 2.90. The Morgan fingerprint density at radius 3 is 2.41 bits per heavy atom. The SMILES string of the molecule is O=C(CN1C(=O)c2ccccc2C1=O)N1CCC(c2c[nH]c3cccnc23)CC1. The molecular formula is C22H20N4O3. The number of rotatable bonds is 3. The molecule has 7 heteroatoms. The number of hydrogen-bond donors (Lipinski definition) is 1. The molecule has 1 saturated heterocycles. The number of benzene rings is 1. The maximum atomic E-state index is 12.8. The summed E-state index contributed by atoms with van der Waals surface area (Å²) in [4.78, 5) is 48.3. The maximum Gasteiger partial charge on any atom is 0.262 e. The number of aromatic amines is 1. The zero-order valence-corrected chi connectivity index (χ0v) is 15.8. The number of carbonyl (C=O) groups is 3. The second-order valence-electron chi connectivity index (χ2n) is 7.54. The number of nitrogens with zero attached hydrogens (tertiary/aromatic N) is 3. The van der Waals surface area contributed by atoms with Crippen LogP contribution in [0.25, 0.3) is 11.0 Å². The summed E-state index contributed by atoms with van der Waals surface area (Å²) < 4.78 is 0. The smallest absolute Gasteiger partial charge is 0.262 e. The number of pyridine rings is 1. The van der Waals surface area contributed by atoms with E-state index in [1.807, 2.05) is 18.3 Å². The number of hydrogen-bond acceptors (Lipinski definition) is 4. The van der Waals surface area contributed by atoms with E-state index in [9.17, 15) is 14.4 Å². The van der Waals surface area contributed by atoms with Gasteiger partial charge in [0.25, 0.3) is 11.8 Å². The van der Waals surface area contributed by atoms with E-state index in [1.54, 1.807) is 35.4 Å². The number of likely N-dealkylation sites (tertiary alicyclic amines) is 1. The fourth-order valence-electron chi connectivity index (χ4n) is 4.34. The fraction of sp³-hybridized carbons (Fsp3) is 0.273. The summed E-state index contributed by atoms with van der Waals surface area (Å²) in [6, 6.07) is 10.6. The molecule has 146 valence electrons. The number of carbonyl (C=O) groups excluding carboxylic acids is 3. The topological polar surface area (TPSA) is 86.4 Å². The number of fused-ring (bicyclic) bond motifs is 2. The molecular weight excluding hydrogens is 368 g/mol. The van der Waals surface area contributed by atoms with Crippen LogP contribution in [-0.4, -0.2) is 57.1 Å². The number of imide groups is 1. The summed E-state index contributed by atoms with van der Waals surface area (Å²) >= 11 is 0. The highest BCUT2D eigenvalue weighted by molar-refractivity contribution is 6.22. The average molecular weight is 388 g/mol. The Morgan fingerprint density at radius 1 is 1.03 bits per heavy atom. The van der Waals surface area contributed by atoms with Gasteiger partial charge in [-0.1, -0.05) is 12.1 Å². The second kappa shape index (κ2) is 6.84. The molecule has 5 rings (SSSR count). The minimum atomic E-state index is -0.390. The van der Waals surface area contributed by atoms with Gasteiger partial charge in [-0.15, -0.1) is 0 Å². The van der Waals surface area contributed by atoms with Crippen molar-refractivity contribution in [1.29, 1.82) is 0 Å². The van der Waals surface area contributed by atoms with E-state index < -0.39 is 11.8 Å². The molecule has 1 aromatic carbocycles. The molecule has 2 aliphatic heterocycles. The van der Waals surface area contributed by atoms with E-state index in [4.69, 9.17) is 0 Å². The molecule has 0 radical (unpaired) electrons. The van der Waals surface area contributed by atoms with Crippen molar-refractivity contribution in [3.05, 3.63) is 65.5 Å². The van der Waals surface area contributed by atoms with Crippen molar-refractivity contribution in [3.8, 4) is 0 Å². The van der Waals surface area contributed by atoms with Crippen LogP contribution in [0.5, 0.6) is 0 Å². The molecule has 0 atom stereocenters. The van der Waals surface area contributed by atoms with Gasteiger partial charge in [-0.3, -0.25) is 24.3 Å². The highest BCUT2D eigenvalue weighted by Crippen LogP contribution is 2.32. The monoisotopic (exact) mass is 388 g/mol. The van der Waals surface area contributed by atoms with E-state index >= 15 is 0 Å². The molecule has 0 spiro atoms. The number of nitrogens with one attached hydrogen (secondary N) is 1. The lowest BCUT2D eigenvalue weighted by atomic mass is 9.90. The van der Waals surface area contributed by atoms with Crippen LogP contribution in [0.15, 0.2) is 48.8 Å². The van der Waals surface area contributed by atoms with Crippen molar-refractivity contribution in [3.63, 3.8) is 0 Å². The van der Waals surface area contributed by atoms with E-state index in [2.05, 4.69) is 9.97 Å². The van der Waals surface area contributed by atoms with Crippen LogP contribution in [0.3, 0.4) is 0 Å². The Morgan fingerprint density at radius 2 is 1.72 bits per heavy atom. The summed E-state index contributed by atoms with van der Waals surface area (Å²) in [6.45, 7) is 1.00. The Balaban J connectivity index is 1.24. The Kier molecular flexibility index (Phi) is 4.16. The molecule has 0 unspecified atom stereocenters. The van der Waals surface area contributed by atoms with Crippen molar-refractivity contribution in [1.82, 2.24) is 19.8 Å². The molecule has 29 heavy (non-hydrogen) atoms. The summed E-state index contributed by atoms with van der Waals surface area (Å²) in [5.74, 6) is -0.630. The number of H-pyrrole nitrogens is 1. The quantitative estimate of drug-likeness (QED) is 0.699.